The third-order valence-corrected chi connectivity index (χ3v) is 4.01. The summed E-state index contributed by atoms with van der Waals surface area (Å²) >= 11 is 0. The molecule has 0 amide bonds. The van der Waals surface area contributed by atoms with Gasteiger partial charge in [-0.25, -0.2) is 8.78 Å². The third kappa shape index (κ3) is 3.61. The largest absolute Gasteiger partial charge is 0.389 e. The van der Waals surface area contributed by atoms with Crippen molar-refractivity contribution >= 4 is 8.32 Å². The highest BCUT2D eigenvalue weighted by Crippen LogP contribution is 2.40. The van der Waals surface area contributed by atoms with E-state index in [0.717, 1.165) is 5.56 Å². The first kappa shape index (κ1) is 14.6. The molecule has 19 heavy (non-hydrogen) atoms. The second-order valence-corrected chi connectivity index (χ2v) is 10.4. The Hall–Kier alpha value is -0.783. The molecular weight excluding hydrogens is 266 g/mol. The number of hydrogen-bond acceptors (Lipinski definition) is 2. The molecule has 1 aromatic carbocycles. The lowest BCUT2D eigenvalue weighted by molar-refractivity contribution is -0.177. The average Bonchev–Trinajstić information content (AvgIpc) is 2.56. The van der Waals surface area contributed by atoms with Crippen molar-refractivity contribution in [2.45, 2.75) is 38.3 Å². The Labute approximate surface area is 113 Å². The van der Waals surface area contributed by atoms with E-state index >= 15 is 0 Å². The van der Waals surface area contributed by atoms with E-state index in [1.165, 1.54) is 0 Å². The van der Waals surface area contributed by atoms with Crippen LogP contribution in [0.25, 0.3) is 0 Å². The fourth-order valence-electron chi connectivity index (χ4n) is 2.15. The summed E-state index contributed by atoms with van der Waals surface area (Å²) in [5.74, 6) is -3.73. The quantitative estimate of drug-likeness (QED) is 0.786. The fraction of sp³-hybridized carbons (Fsp3) is 0.571. The van der Waals surface area contributed by atoms with Gasteiger partial charge >= 0.3 is 5.92 Å². The van der Waals surface area contributed by atoms with Crippen LogP contribution in [0.3, 0.4) is 0 Å². The molecule has 5 heteroatoms. The maximum Gasteiger partial charge on any atom is 0.302 e. The number of hydrogen-bond donors (Lipinski definition) is 0. The molecule has 1 aromatic rings. The van der Waals surface area contributed by atoms with E-state index in [0.29, 0.717) is 6.42 Å². The van der Waals surface area contributed by atoms with Gasteiger partial charge in [0.25, 0.3) is 0 Å². The highest BCUT2D eigenvalue weighted by atomic mass is 28.4. The van der Waals surface area contributed by atoms with Crippen LogP contribution in [0.15, 0.2) is 30.3 Å². The van der Waals surface area contributed by atoms with E-state index in [2.05, 4.69) is 0 Å². The van der Waals surface area contributed by atoms with Gasteiger partial charge in [-0.1, -0.05) is 30.3 Å². The van der Waals surface area contributed by atoms with Crippen molar-refractivity contribution in [2.24, 2.45) is 5.92 Å². The lowest BCUT2D eigenvalue weighted by Gasteiger charge is -2.28. The van der Waals surface area contributed by atoms with E-state index in [9.17, 15) is 8.78 Å². The van der Waals surface area contributed by atoms with Crippen LogP contribution in [0.1, 0.15) is 5.56 Å². The van der Waals surface area contributed by atoms with Gasteiger partial charge in [-0.2, -0.15) is 0 Å². The van der Waals surface area contributed by atoms with Crippen LogP contribution in [0.2, 0.25) is 19.6 Å². The number of ether oxygens (including phenoxy) is 1. The Morgan fingerprint density at radius 1 is 1.26 bits per heavy atom. The summed E-state index contributed by atoms with van der Waals surface area (Å²) in [5, 5.41) is 0. The standard InChI is InChI=1S/C14H20F2O2Si/c1-19(2,3)18-13-14(15,16)12(10-17-13)9-11-7-5-4-6-8-11/h4-8,12-13H,9-10H2,1-3H3. The number of alkyl halides is 2. The van der Waals surface area contributed by atoms with Crippen LogP contribution in [0.5, 0.6) is 0 Å². The van der Waals surface area contributed by atoms with Gasteiger partial charge in [0, 0.05) is 0 Å². The normalized spacial score (nSPS) is 26.6. The summed E-state index contributed by atoms with van der Waals surface area (Å²) in [6.07, 6.45) is -1.06. The second-order valence-electron chi connectivity index (χ2n) is 5.96. The highest BCUT2D eigenvalue weighted by Gasteiger charge is 2.55. The van der Waals surface area contributed by atoms with Gasteiger partial charge < -0.3 is 9.16 Å². The first-order valence-corrected chi connectivity index (χ1v) is 9.91. The average molecular weight is 286 g/mol. The van der Waals surface area contributed by atoms with Crippen molar-refractivity contribution in [2.75, 3.05) is 6.61 Å². The number of rotatable bonds is 4. The summed E-state index contributed by atoms with van der Waals surface area (Å²) in [5.41, 5.74) is 0.907. The Morgan fingerprint density at radius 2 is 1.89 bits per heavy atom. The summed E-state index contributed by atoms with van der Waals surface area (Å²) in [4.78, 5) is 0. The zero-order chi connectivity index (χ0) is 14.1. The van der Waals surface area contributed by atoms with Crippen LogP contribution in [0, 0.1) is 5.92 Å². The van der Waals surface area contributed by atoms with Crippen molar-refractivity contribution in [1.82, 2.24) is 0 Å². The maximum atomic E-state index is 14.3. The van der Waals surface area contributed by atoms with Crippen LogP contribution >= 0.6 is 0 Å². The van der Waals surface area contributed by atoms with Gasteiger partial charge in [-0.3, -0.25) is 0 Å². The lowest BCUT2D eigenvalue weighted by atomic mass is 9.95. The molecule has 0 spiro atoms. The zero-order valence-corrected chi connectivity index (χ0v) is 12.5. The first-order chi connectivity index (χ1) is 8.79. The molecule has 0 aliphatic carbocycles. The van der Waals surface area contributed by atoms with Crippen LogP contribution < -0.4 is 0 Å². The minimum Gasteiger partial charge on any atom is -0.389 e. The van der Waals surface area contributed by atoms with Crippen molar-refractivity contribution in [3.63, 3.8) is 0 Å². The molecule has 1 heterocycles. The molecule has 0 radical (unpaired) electrons. The van der Waals surface area contributed by atoms with Crippen LogP contribution in [-0.4, -0.2) is 27.1 Å². The van der Waals surface area contributed by atoms with Crippen LogP contribution in [0.4, 0.5) is 8.78 Å². The third-order valence-electron chi connectivity index (χ3n) is 3.09. The highest BCUT2D eigenvalue weighted by molar-refractivity contribution is 6.69. The molecule has 0 aromatic heterocycles. The lowest BCUT2D eigenvalue weighted by Crippen LogP contribution is -2.43. The molecular formula is C14H20F2O2Si. The predicted molar refractivity (Wildman–Crippen MR) is 72.8 cm³/mol. The molecule has 2 unspecified atom stereocenters. The molecule has 106 valence electrons. The minimum absolute atomic E-state index is 0.0526. The van der Waals surface area contributed by atoms with Crippen LogP contribution in [-0.2, 0) is 15.6 Å². The Morgan fingerprint density at radius 3 is 2.47 bits per heavy atom. The molecule has 2 nitrogen and oxygen atoms in total. The SMILES string of the molecule is C[Si](C)(C)OC1OCC(Cc2ccccc2)C1(F)F. The minimum atomic E-state index is -2.92. The predicted octanol–water partition coefficient (Wildman–Crippen LogP) is 3.69. The fourth-order valence-corrected chi connectivity index (χ4v) is 3.01. The molecule has 1 aliphatic rings. The number of benzene rings is 1. The van der Waals surface area contributed by atoms with Crippen molar-refractivity contribution < 1.29 is 17.9 Å². The molecule has 1 aliphatic heterocycles. The Kier molecular flexibility index (Phi) is 4.08. The summed E-state index contributed by atoms with van der Waals surface area (Å²) in [6, 6.07) is 9.33. The maximum absolute atomic E-state index is 14.3. The van der Waals surface area contributed by atoms with E-state index in [4.69, 9.17) is 9.16 Å². The molecule has 0 N–H and O–H groups in total. The van der Waals surface area contributed by atoms with Gasteiger partial charge in [0.1, 0.15) is 0 Å². The van der Waals surface area contributed by atoms with Crippen molar-refractivity contribution in [1.29, 1.82) is 0 Å². The topological polar surface area (TPSA) is 18.5 Å². The van der Waals surface area contributed by atoms with Gasteiger partial charge in [0.05, 0.1) is 12.5 Å². The first-order valence-electron chi connectivity index (χ1n) is 6.50. The van der Waals surface area contributed by atoms with Crippen molar-refractivity contribution in [3.05, 3.63) is 35.9 Å². The van der Waals surface area contributed by atoms with E-state index in [1.807, 2.05) is 50.0 Å². The molecule has 0 saturated carbocycles. The molecule has 2 atom stereocenters. The van der Waals surface area contributed by atoms with Gasteiger partial charge in [-0.05, 0) is 31.6 Å². The number of halogens is 2. The molecule has 0 bridgehead atoms. The smallest absolute Gasteiger partial charge is 0.302 e. The summed E-state index contributed by atoms with van der Waals surface area (Å²) in [7, 11) is -2.04. The second kappa shape index (κ2) is 5.30. The van der Waals surface area contributed by atoms with Crippen molar-refractivity contribution in [3.8, 4) is 0 Å². The van der Waals surface area contributed by atoms with E-state index in [1.54, 1.807) is 0 Å². The molecule has 1 saturated heterocycles. The van der Waals surface area contributed by atoms with E-state index in [-0.39, 0.29) is 6.61 Å². The monoisotopic (exact) mass is 286 g/mol. The Balaban J connectivity index is 2.05. The van der Waals surface area contributed by atoms with Gasteiger partial charge in [-0.15, -0.1) is 0 Å². The zero-order valence-electron chi connectivity index (χ0n) is 11.5. The summed E-state index contributed by atoms with van der Waals surface area (Å²) in [6.45, 7) is 5.71. The Bertz CT molecular complexity index is 417. The molecule has 1 fully saturated rings. The van der Waals surface area contributed by atoms with E-state index < -0.39 is 26.4 Å². The van der Waals surface area contributed by atoms with Gasteiger partial charge in [0.2, 0.25) is 6.29 Å². The van der Waals surface area contributed by atoms with Gasteiger partial charge in [0.15, 0.2) is 8.32 Å². The summed E-state index contributed by atoms with van der Waals surface area (Å²) < 4.78 is 39.2. The molecule has 2 rings (SSSR count).